The molecule has 0 bridgehead atoms. The van der Waals surface area contributed by atoms with E-state index in [0.717, 1.165) is 17.2 Å². The van der Waals surface area contributed by atoms with Crippen LogP contribution in [0.25, 0.3) is 11.2 Å². The average molecular weight is 741 g/mol. The molecule has 2 fully saturated rings. The van der Waals surface area contributed by atoms with Crippen LogP contribution in [0.5, 0.6) is 0 Å². The summed E-state index contributed by atoms with van der Waals surface area (Å²) in [5, 5.41) is 31.4. The summed E-state index contributed by atoms with van der Waals surface area (Å²) in [7, 11) is -17.4. The number of anilines is 1. The van der Waals surface area contributed by atoms with Crippen LogP contribution in [-0.2, 0) is 45.8 Å². The first-order valence-electron chi connectivity index (χ1n) is 13.4. The summed E-state index contributed by atoms with van der Waals surface area (Å²) in [4.78, 5) is 71.8. The summed E-state index contributed by atoms with van der Waals surface area (Å²) in [6.07, 6.45) is -7.38. The van der Waals surface area contributed by atoms with Gasteiger partial charge in [-0.25, -0.2) is 19.3 Å². The predicted molar refractivity (Wildman–Crippen MR) is 144 cm³/mol. The van der Waals surface area contributed by atoms with Crippen molar-refractivity contribution in [2.75, 3.05) is 18.9 Å². The summed E-state index contributed by atoms with van der Waals surface area (Å²) in [5.74, 6) is -0.849. The van der Waals surface area contributed by atoms with Crippen molar-refractivity contribution >= 4 is 46.4 Å². The first-order valence-corrected chi connectivity index (χ1v) is 17.8. The van der Waals surface area contributed by atoms with Gasteiger partial charge in [-0.3, -0.25) is 18.5 Å². The Bertz CT molecular complexity index is 1740. The van der Waals surface area contributed by atoms with E-state index in [4.69, 9.17) is 20.9 Å². The molecule has 10 atom stereocenters. The standard InChI is InChI=1S/C21H30N7O17P3/c22-17-12-19(25-7-24-17)28(8-26-12)21-16(44-46(33,34)35)14(30)11(43-21)6-41-48(38,39)45-47(36,37)40-5-10-13(29)15(31)20(42-10)27-3-1-2-9(4-27)18(23)32/h1,3-4,7-8,10-11,13-16,20-21,29-31H,2,5-6H2,(H2,23,32)(H,36,37)(H,38,39)(H2,22,24,25)(H2,33,34,35)/p-4/t10-,11+,13-,14+,15-,16+,20-,21+/m0/s1. The molecule has 0 aliphatic carbocycles. The van der Waals surface area contributed by atoms with Gasteiger partial charge in [0.1, 0.15) is 48.5 Å². The number of phosphoric acid groups is 3. The highest BCUT2D eigenvalue weighted by Gasteiger charge is 2.48. The van der Waals surface area contributed by atoms with Crippen molar-refractivity contribution in [1.29, 1.82) is 0 Å². The molecule has 2 aromatic rings. The van der Waals surface area contributed by atoms with Crippen molar-refractivity contribution < 1.29 is 80.7 Å². The van der Waals surface area contributed by atoms with Crippen LogP contribution in [0.2, 0.25) is 0 Å². The fraction of sp³-hybridized carbons (Fsp3) is 0.524. The Morgan fingerprint density at radius 3 is 2.21 bits per heavy atom. The van der Waals surface area contributed by atoms with Gasteiger partial charge in [0.25, 0.3) is 15.6 Å². The largest absolute Gasteiger partial charge is 0.790 e. The number of phosphoric ester groups is 3. The number of amides is 1. The van der Waals surface area contributed by atoms with Gasteiger partial charge in [0, 0.05) is 18.0 Å². The van der Waals surface area contributed by atoms with Gasteiger partial charge < -0.3 is 78.9 Å². The van der Waals surface area contributed by atoms with Crippen molar-refractivity contribution in [3.8, 4) is 0 Å². The van der Waals surface area contributed by atoms with Crippen molar-refractivity contribution in [3.05, 3.63) is 36.7 Å². The van der Waals surface area contributed by atoms with E-state index in [1.54, 1.807) is 0 Å². The van der Waals surface area contributed by atoms with E-state index in [2.05, 4.69) is 32.8 Å². The highest BCUT2D eigenvalue weighted by Crippen LogP contribution is 2.56. The molecule has 1 amide bonds. The summed E-state index contributed by atoms with van der Waals surface area (Å²) in [6, 6.07) is 0. The number of primary amides is 1. The van der Waals surface area contributed by atoms with Crippen LogP contribution in [0.4, 0.5) is 5.82 Å². The number of aromatic nitrogens is 4. The average Bonchev–Trinajstić information content (AvgIpc) is 3.64. The Kier molecular flexibility index (Phi) is 10.6. The van der Waals surface area contributed by atoms with Crippen LogP contribution >= 0.6 is 23.5 Å². The molecule has 3 aliphatic rings. The molecule has 5 rings (SSSR count). The molecule has 266 valence electrons. The van der Waals surface area contributed by atoms with E-state index < -0.39 is 91.7 Å². The monoisotopic (exact) mass is 741 g/mol. The molecule has 27 heteroatoms. The first-order chi connectivity index (χ1) is 22.4. The molecule has 5 heterocycles. The van der Waals surface area contributed by atoms with Gasteiger partial charge in [-0.15, -0.1) is 0 Å². The van der Waals surface area contributed by atoms with E-state index in [9.17, 15) is 53.4 Å². The Balaban J connectivity index is 1.20. The molecule has 2 unspecified atom stereocenters. The van der Waals surface area contributed by atoms with Crippen LogP contribution < -0.4 is 31.0 Å². The third-order valence-electron chi connectivity index (χ3n) is 7.09. The molecule has 0 radical (unpaired) electrons. The lowest BCUT2D eigenvalue weighted by Gasteiger charge is -2.34. The summed E-state index contributed by atoms with van der Waals surface area (Å²) in [5.41, 5.74) is 11.1. The fourth-order valence-electron chi connectivity index (χ4n) is 4.91. The van der Waals surface area contributed by atoms with E-state index in [1.165, 1.54) is 23.4 Å². The molecule has 2 saturated heterocycles. The third-order valence-corrected chi connectivity index (χ3v) is 10.1. The quantitative estimate of drug-likeness (QED) is 0.120. The lowest BCUT2D eigenvalue weighted by atomic mass is 10.1. The lowest BCUT2D eigenvalue weighted by Crippen LogP contribution is -2.40. The minimum absolute atomic E-state index is 0.0167. The molecule has 7 N–H and O–H groups in total. The maximum Gasteiger partial charge on any atom is 0.274 e. The van der Waals surface area contributed by atoms with Crippen LogP contribution in [0.3, 0.4) is 0 Å². The highest BCUT2D eigenvalue weighted by molar-refractivity contribution is 7.59. The lowest BCUT2D eigenvalue weighted by molar-refractivity contribution is -0.347. The number of hydrogen-bond acceptors (Lipinski definition) is 22. The Labute approximate surface area is 268 Å². The first kappa shape index (κ1) is 36.5. The van der Waals surface area contributed by atoms with Crippen molar-refractivity contribution in [2.45, 2.75) is 55.5 Å². The maximum absolute atomic E-state index is 12.4. The SMILES string of the molecule is NC(=O)C1=CN([C@H]2O[C@@H](COP(=O)([O-])OP(=O)([O-])OC[C@H]3O[C@@H](n4cnc5c(N)ncnc54)[C@H](OP(=O)([O-])[O-])[C@@H]3O)[C@H](O)[C@@H]2O)C=CC1. The Hall–Kier alpha value is -2.73. The molecule has 48 heavy (non-hydrogen) atoms. The zero-order valence-electron chi connectivity index (χ0n) is 23.9. The van der Waals surface area contributed by atoms with Crippen LogP contribution in [0.1, 0.15) is 12.6 Å². The van der Waals surface area contributed by atoms with E-state index in [1.807, 2.05) is 0 Å². The smallest absolute Gasteiger partial charge is 0.274 e. The van der Waals surface area contributed by atoms with Crippen molar-refractivity contribution in [2.24, 2.45) is 5.73 Å². The molecule has 3 aliphatic heterocycles. The van der Waals surface area contributed by atoms with Gasteiger partial charge in [0.05, 0.1) is 27.4 Å². The number of aliphatic hydroxyl groups excluding tert-OH is 3. The number of imidazole rings is 1. The fourth-order valence-corrected chi connectivity index (χ4v) is 7.45. The highest BCUT2D eigenvalue weighted by atomic mass is 31.3. The summed E-state index contributed by atoms with van der Waals surface area (Å²) < 4.78 is 65.6. The minimum atomic E-state index is -5.86. The molecule has 2 aromatic heterocycles. The molecule has 0 aromatic carbocycles. The van der Waals surface area contributed by atoms with Crippen LogP contribution in [0, 0.1) is 0 Å². The number of carbonyl (C=O) groups excluding carboxylic acids is 1. The number of fused-ring (bicyclic) bond motifs is 1. The van der Waals surface area contributed by atoms with Gasteiger partial charge in [-0.05, 0) is 6.42 Å². The van der Waals surface area contributed by atoms with Gasteiger partial charge in [0.2, 0.25) is 5.91 Å². The van der Waals surface area contributed by atoms with E-state index in [-0.39, 0.29) is 29.0 Å². The second-order valence-corrected chi connectivity index (χ2v) is 14.4. The van der Waals surface area contributed by atoms with Gasteiger partial charge in [-0.1, -0.05) is 6.08 Å². The van der Waals surface area contributed by atoms with Crippen LogP contribution in [-0.4, -0.2) is 102 Å². The predicted octanol–water partition coefficient (Wildman–Crippen LogP) is -5.10. The molecular formula is C21H26N7O17P3-4. The normalized spacial score (nSPS) is 31.9. The van der Waals surface area contributed by atoms with E-state index >= 15 is 0 Å². The Morgan fingerprint density at radius 2 is 1.58 bits per heavy atom. The van der Waals surface area contributed by atoms with Gasteiger partial charge in [0.15, 0.2) is 23.9 Å². The second kappa shape index (κ2) is 13.9. The number of rotatable bonds is 13. The van der Waals surface area contributed by atoms with E-state index in [0.29, 0.717) is 0 Å². The molecular weight excluding hydrogens is 715 g/mol. The molecule has 0 saturated carbocycles. The molecule has 24 nitrogen and oxygen atoms in total. The molecule has 0 spiro atoms. The number of allylic oxidation sites excluding steroid dienone is 1. The van der Waals surface area contributed by atoms with Crippen molar-refractivity contribution in [3.63, 3.8) is 0 Å². The topological polar surface area (TPSA) is 375 Å². The van der Waals surface area contributed by atoms with Gasteiger partial charge >= 0.3 is 0 Å². The van der Waals surface area contributed by atoms with Crippen LogP contribution in [0.15, 0.2) is 36.7 Å². The number of aliphatic hydroxyl groups is 3. The number of hydrogen-bond donors (Lipinski definition) is 5. The number of nitrogens with zero attached hydrogens (tertiary/aromatic N) is 5. The zero-order chi connectivity index (χ0) is 35.2. The van der Waals surface area contributed by atoms with Crippen molar-refractivity contribution in [1.82, 2.24) is 24.4 Å². The second-order valence-electron chi connectivity index (χ2n) is 10.3. The summed E-state index contributed by atoms with van der Waals surface area (Å²) in [6.45, 7) is -2.26. The zero-order valence-corrected chi connectivity index (χ0v) is 26.6. The minimum Gasteiger partial charge on any atom is -0.790 e. The maximum atomic E-state index is 12.4. The van der Waals surface area contributed by atoms with Gasteiger partial charge in [-0.2, -0.15) is 0 Å². The number of ether oxygens (including phenoxy) is 2. The number of nitrogen functional groups attached to an aromatic ring is 1. The Morgan fingerprint density at radius 1 is 0.958 bits per heavy atom. The number of carbonyl (C=O) groups is 1. The summed E-state index contributed by atoms with van der Waals surface area (Å²) >= 11 is 0. The number of nitrogens with two attached hydrogens (primary N) is 2. The third kappa shape index (κ3) is 8.17.